The first-order chi connectivity index (χ1) is 14.2. The van der Waals surface area contributed by atoms with Crippen LogP contribution in [0, 0.1) is 0 Å². The average Bonchev–Trinajstić information content (AvgIpc) is 3.41. The third-order valence-corrected chi connectivity index (χ3v) is 4.77. The molecule has 0 aromatic carbocycles. The fourth-order valence-corrected chi connectivity index (χ4v) is 3.43. The third-order valence-electron chi connectivity index (χ3n) is 4.77. The van der Waals surface area contributed by atoms with Gasteiger partial charge in [0.25, 0.3) is 5.97 Å². The molecule has 1 aromatic heterocycles. The standard InChI is InChI=1S/C16H22N6O4.C2H4O2/c17-14(24)12-2-1-5-22(12)16(26)11(6-9-7-18-8-19-9)21-15(25)10-3-4-13(23)20-10;1-2(3)4/h7-8,10-12H,1-6H2,(H2,17,24)(H,18,19)(H,20,23)(H,21,25);1H3,(H,3,4)/t10-,11-,12-;/m0./s1. The average molecular weight is 422 g/mol. The first-order valence-corrected chi connectivity index (χ1v) is 9.55. The lowest BCUT2D eigenvalue weighted by Gasteiger charge is -2.28. The Hall–Kier alpha value is -3.44. The number of hydrogen-bond acceptors (Lipinski definition) is 6. The van der Waals surface area contributed by atoms with E-state index in [0.29, 0.717) is 31.5 Å². The van der Waals surface area contributed by atoms with Gasteiger partial charge in [0.05, 0.1) is 6.33 Å². The number of rotatable bonds is 6. The lowest BCUT2D eigenvalue weighted by atomic mass is 10.1. The van der Waals surface area contributed by atoms with Gasteiger partial charge in [-0.1, -0.05) is 0 Å². The summed E-state index contributed by atoms with van der Waals surface area (Å²) in [4.78, 5) is 65.6. The summed E-state index contributed by atoms with van der Waals surface area (Å²) < 4.78 is 0. The van der Waals surface area contributed by atoms with Crippen LogP contribution >= 0.6 is 0 Å². The molecule has 12 heteroatoms. The zero-order valence-corrected chi connectivity index (χ0v) is 16.6. The fraction of sp³-hybridized carbons (Fsp3) is 0.556. The molecule has 30 heavy (non-hydrogen) atoms. The number of amides is 4. The van der Waals surface area contributed by atoms with E-state index in [1.165, 1.54) is 11.2 Å². The van der Waals surface area contributed by atoms with Gasteiger partial charge in [-0.3, -0.25) is 24.0 Å². The van der Waals surface area contributed by atoms with Crippen molar-refractivity contribution < 1.29 is 29.1 Å². The summed E-state index contributed by atoms with van der Waals surface area (Å²) in [6.45, 7) is 1.50. The zero-order valence-electron chi connectivity index (χ0n) is 16.6. The number of carboxylic acids is 1. The maximum absolute atomic E-state index is 13.0. The summed E-state index contributed by atoms with van der Waals surface area (Å²) >= 11 is 0. The van der Waals surface area contributed by atoms with Gasteiger partial charge in [0, 0.05) is 38.2 Å². The Morgan fingerprint density at radius 3 is 2.60 bits per heavy atom. The maximum Gasteiger partial charge on any atom is 0.300 e. The Bertz CT molecular complexity index is 791. The summed E-state index contributed by atoms with van der Waals surface area (Å²) in [7, 11) is 0. The molecule has 3 rings (SSSR count). The van der Waals surface area contributed by atoms with Crippen LogP contribution in [-0.2, 0) is 30.4 Å². The number of aliphatic carboxylic acids is 1. The van der Waals surface area contributed by atoms with Crippen molar-refractivity contribution in [3.8, 4) is 0 Å². The Morgan fingerprint density at radius 2 is 2.07 bits per heavy atom. The topological polar surface area (TPSA) is 188 Å². The van der Waals surface area contributed by atoms with E-state index in [-0.39, 0.29) is 24.7 Å². The molecule has 0 aliphatic carbocycles. The van der Waals surface area contributed by atoms with Crippen LogP contribution in [0.2, 0.25) is 0 Å². The van der Waals surface area contributed by atoms with Gasteiger partial charge in [-0.2, -0.15) is 0 Å². The van der Waals surface area contributed by atoms with Crippen molar-refractivity contribution in [2.24, 2.45) is 5.73 Å². The normalized spacial score (nSPS) is 21.2. The van der Waals surface area contributed by atoms with Crippen molar-refractivity contribution in [1.29, 1.82) is 0 Å². The van der Waals surface area contributed by atoms with E-state index < -0.39 is 35.9 Å². The number of likely N-dealkylation sites (tertiary alicyclic amines) is 1. The molecule has 0 spiro atoms. The van der Waals surface area contributed by atoms with Crippen molar-refractivity contribution in [3.63, 3.8) is 0 Å². The smallest absolute Gasteiger partial charge is 0.300 e. The number of nitrogens with zero attached hydrogens (tertiary/aromatic N) is 2. The second kappa shape index (κ2) is 10.4. The summed E-state index contributed by atoms with van der Waals surface area (Å²) in [6, 6.07) is -2.18. The highest BCUT2D eigenvalue weighted by Crippen LogP contribution is 2.19. The zero-order chi connectivity index (χ0) is 22.3. The molecule has 2 saturated heterocycles. The molecule has 0 bridgehead atoms. The molecule has 4 amide bonds. The molecule has 164 valence electrons. The van der Waals surface area contributed by atoms with E-state index in [0.717, 1.165) is 6.92 Å². The quantitative estimate of drug-likeness (QED) is 0.360. The second-order valence-electron chi connectivity index (χ2n) is 7.11. The minimum atomic E-state index is -0.875. The molecule has 1 aromatic rings. The van der Waals surface area contributed by atoms with Gasteiger partial charge in [0.15, 0.2) is 0 Å². The van der Waals surface area contributed by atoms with E-state index >= 15 is 0 Å². The molecule has 12 nitrogen and oxygen atoms in total. The number of nitrogens with two attached hydrogens (primary N) is 1. The molecule has 0 unspecified atom stereocenters. The molecular weight excluding hydrogens is 396 g/mol. The number of carboxylic acid groups (broad SMARTS) is 1. The van der Waals surface area contributed by atoms with Crippen molar-refractivity contribution in [1.82, 2.24) is 25.5 Å². The Balaban J connectivity index is 0.000000735. The first kappa shape index (κ1) is 22.8. The molecule has 3 heterocycles. The predicted molar refractivity (Wildman–Crippen MR) is 103 cm³/mol. The first-order valence-electron chi connectivity index (χ1n) is 9.55. The van der Waals surface area contributed by atoms with E-state index in [2.05, 4.69) is 20.6 Å². The van der Waals surface area contributed by atoms with Gasteiger partial charge in [0.1, 0.15) is 18.1 Å². The minimum absolute atomic E-state index is 0.185. The van der Waals surface area contributed by atoms with Crippen LogP contribution in [0.4, 0.5) is 0 Å². The van der Waals surface area contributed by atoms with Crippen molar-refractivity contribution in [2.45, 2.75) is 57.2 Å². The van der Waals surface area contributed by atoms with Gasteiger partial charge in [-0.25, -0.2) is 4.98 Å². The van der Waals surface area contributed by atoms with E-state index in [4.69, 9.17) is 15.6 Å². The number of H-pyrrole nitrogens is 1. The molecule has 2 aliphatic rings. The number of carbonyl (C=O) groups excluding carboxylic acids is 4. The molecular formula is C18H26N6O6. The van der Waals surface area contributed by atoms with Gasteiger partial charge in [-0.15, -0.1) is 0 Å². The van der Waals surface area contributed by atoms with E-state index in [9.17, 15) is 19.2 Å². The number of nitrogens with one attached hydrogen (secondary N) is 3. The number of primary amides is 1. The van der Waals surface area contributed by atoms with Crippen molar-refractivity contribution >= 4 is 29.6 Å². The summed E-state index contributed by atoms with van der Waals surface area (Å²) in [5, 5.41) is 12.7. The van der Waals surface area contributed by atoms with Gasteiger partial charge >= 0.3 is 0 Å². The maximum atomic E-state index is 13.0. The second-order valence-corrected chi connectivity index (χ2v) is 7.11. The number of imidazole rings is 1. The minimum Gasteiger partial charge on any atom is -0.481 e. The molecule has 6 N–H and O–H groups in total. The summed E-state index contributed by atoms with van der Waals surface area (Å²) in [5.74, 6) is -2.34. The lowest BCUT2D eigenvalue weighted by Crippen LogP contribution is -2.56. The Labute approximate surface area is 172 Å². The number of carbonyl (C=O) groups is 5. The third kappa shape index (κ3) is 6.29. The summed E-state index contributed by atoms with van der Waals surface area (Å²) in [6.07, 6.45) is 5.13. The van der Waals surface area contributed by atoms with Crippen molar-refractivity contribution in [2.75, 3.05) is 6.54 Å². The lowest BCUT2D eigenvalue weighted by molar-refractivity contribution is -0.140. The molecule has 2 fully saturated rings. The van der Waals surface area contributed by atoms with Gasteiger partial charge in [0.2, 0.25) is 23.6 Å². The van der Waals surface area contributed by atoms with Crippen LogP contribution in [-0.4, -0.2) is 74.2 Å². The molecule has 3 atom stereocenters. The number of aromatic nitrogens is 2. The summed E-state index contributed by atoms with van der Waals surface area (Å²) in [5.41, 5.74) is 6.07. The van der Waals surface area contributed by atoms with Gasteiger partial charge in [-0.05, 0) is 19.3 Å². The highest BCUT2D eigenvalue weighted by Gasteiger charge is 2.38. The fourth-order valence-electron chi connectivity index (χ4n) is 3.43. The van der Waals surface area contributed by atoms with Crippen molar-refractivity contribution in [3.05, 3.63) is 18.2 Å². The van der Waals surface area contributed by atoms with Crippen LogP contribution in [0.3, 0.4) is 0 Å². The van der Waals surface area contributed by atoms with E-state index in [1.54, 1.807) is 6.20 Å². The molecule has 2 aliphatic heterocycles. The van der Waals surface area contributed by atoms with Crippen LogP contribution in [0.5, 0.6) is 0 Å². The largest absolute Gasteiger partial charge is 0.481 e. The van der Waals surface area contributed by atoms with Crippen LogP contribution in [0.15, 0.2) is 12.5 Å². The van der Waals surface area contributed by atoms with Crippen LogP contribution < -0.4 is 16.4 Å². The van der Waals surface area contributed by atoms with E-state index in [1.807, 2.05) is 0 Å². The Morgan fingerprint density at radius 1 is 1.37 bits per heavy atom. The molecule has 0 saturated carbocycles. The highest BCUT2D eigenvalue weighted by atomic mass is 16.4. The Kier molecular flexibility index (Phi) is 7.90. The predicted octanol–water partition coefficient (Wildman–Crippen LogP) is -1.72. The van der Waals surface area contributed by atoms with Crippen LogP contribution in [0.25, 0.3) is 0 Å². The number of hydrogen-bond donors (Lipinski definition) is 5. The van der Waals surface area contributed by atoms with Crippen LogP contribution in [0.1, 0.15) is 38.3 Å². The SMILES string of the molecule is CC(=O)O.NC(=O)[C@@H]1CCCN1C(=O)[C@H](Cc1cnc[nH]1)NC(=O)[C@@H]1CCC(=O)N1. The number of aromatic amines is 1. The molecule has 0 radical (unpaired) electrons. The highest BCUT2D eigenvalue weighted by molar-refractivity contribution is 5.95. The van der Waals surface area contributed by atoms with Gasteiger partial charge < -0.3 is 31.4 Å². The monoisotopic (exact) mass is 422 g/mol.